The molecule has 14 heavy (non-hydrogen) atoms. The van der Waals surface area contributed by atoms with Gasteiger partial charge in [-0.2, -0.15) is 0 Å². The molecule has 3 atom stereocenters. The van der Waals surface area contributed by atoms with Crippen molar-refractivity contribution in [2.45, 2.75) is 32.2 Å². The van der Waals surface area contributed by atoms with Gasteiger partial charge in [0.15, 0.2) is 0 Å². The maximum absolute atomic E-state index is 9.12. The van der Waals surface area contributed by atoms with E-state index in [0.29, 0.717) is 0 Å². The van der Waals surface area contributed by atoms with E-state index >= 15 is 0 Å². The predicted molar refractivity (Wildman–Crippen MR) is 58.0 cm³/mol. The SMILES string of the molecule is CC(C)(CO)NC[C@@H]1C[C@@H]2C=C[C@H]1C2. The van der Waals surface area contributed by atoms with E-state index in [1.165, 1.54) is 12.8 Å². The molecule has 2 aliphatic carbocycles. The molecule has 1 fully saturated rings. The molecular formula is C12H21NO. The van der Waals surface area contributed by atoms with Gasteiger partial charge in [-0.1, -0.05) is 12.2 Å². The fourth-order valence-corrected chi connectivity index (χ4v) is 2.59. The third-order valence-corrected chi connectivity index (χ3v) is 3.65. The zero-order valence-corrected chi connectivity index (χ0v) is 9.16. The Morgan fingerprint density at radius 2 is 2.14 bits per heavy atom. The van der Waals surface area contributed by atoms with Crippen LogP contribution < -0.4 is 5.32 Å². The number of nitrogens with one attached hydrogen (secondary N) is 1. The van der Waals surface area contributed by atoms with E-state index < -0.39 is 0 Å². The molecule has 2 nitrogen and oxygen atoms in total. The Morgan fingerprint density at radius 1 is 1.36 bits per heavy atom. The number of aliphatic hydroxyl groups is 1. The Kier molecular flexibility index (Phi) is 2.67. The zero-order valence-electron chi connectivity index (χ0n) is 9.16. The molecule has 0 aromatic heterocycles. The molecule has 0 aromatic rings. The van der Waals surface area contributed by atoms with E-state index in [-0.39, 0.29) is 12.1 Å². The molecule has 0 aliphatic heterocycles. The van der Waals surface area contributed by atoms with Crippen molar-refractivity contribution in [3.05, 3.63) is 12.2 Å². The van der Waals surface area contributed by atoms with Crippen LogP contribution in [0.1, 0.15) is 26.7 Å². The first kappa shape index (κ1) is 10.2. The lowest BCUT2D eigenvalue weighted by molar-refractivity contribution is 0.180. The first-order valence-corrected chi connectivity index (χ1v) is 5.65. The molecule has 0 spiro atoms. The maximum atomic E-state index is 9.12. The van der Waals surface area contributed by atoms with Crippen LogP contribution in [-0.2, 0) is 0 Å². The standard InChI is InChI=1S/C12H21NO/c1-12(2,8-14)13-7-11-6-9-3-4-10(11)5-9/h3-4,9-11,13-14H,5-8H2,1-2H3/t9-,10+,11+/m1/s1. The molecular weight excluding hydrogens is 174 g/mol. The average Bonchev–Trinajstić information content (AvgIpc) is 2.76. The van der Waals surface area contributed by atoms with Gasteiger partial charge in [0.1, 0.15) is 0 Å². The fraction of sp³-hybridized carbons (Fsp3) is 0.833. The molecule has 2 N–H and O–H groups in total. The Hall–Kier alpha value is -0.340. The average molecular weight is 195 g/mol. The smallest absolute Gasteiger partial charge is 0.0607 e. The summed E-state index contributed by atoms with van der Waals surface area (Å²) in [5.74, 6) is 2.46. The summed E-state index contributed by atoms with van der Waals surface area (Å²) in [7, 11) is 0. The molecule has 0 unspecified atom stereocenters. The number of rotatable bonds is 4. The highest BCUT2D eigenvalue weighted by Crippen LogP contribution is 2.43. The van der Waals surface area contributed by atoms with Crippen molar-refractivity contribution >= 4 is 0 Å². The van der Waals surface area contributed by atoms with Crippen molar-refractivity contribution in [2.24, 2.45) is 17.8 Å². The summed E-state index contributed by atoms with van der Waals surface area (Å²) in [4.78, 5) is 0. The second-order valence-electron chi connectivity index (χ2n) is 5.46. The van der Waals surface area contributed by atoms with Gasteiger partial charge < -0.3 is 10.4 Å². The maximum Gasteiger partial charge on any atom is 0.0607 e. The van der Waals surface area contributed by atoms with E-state index in [1.54, 1.807) is 0 Å². The predicted octanol–water partition coefficient (Wildman–Crippen LogP) is 1.56. The molecule has 2 bridgehead atoms. The quantitative estimate of drug-likeness (QED) is 0.667. The van der Waals surface area contributed by atoms with Crippen molar-refractivity contribution in [2.75, 3.05) is 13.2 Å². The van der Waals surface area contributed by atoms with Crippen LogP contribution in [0, 0.1) is 17.8 Å². The fourth-order valence-electron chi connectivity index (χ4n) is 2.59. The second kappa shape index (κ2) is 3.67. The van der Waals surface area contributed by atoms with Gasteiger partial charge in [0, 0.05) is 5.54 Å². The molecule has 0 saturated heterocycles. The highest BCUT2D eigenvalue weighted by atomic mass is 16.3. The van der Waals surface area contributed by atoms with Crippen LogP contribution in [0.25, 0.3) is 0 Å². The van der Waals surface area contributed by atoms with Crippen LogP contribution in [0.15, 0.2) is 12.2 Å². The van der Waals surface area contributed by atoms with Gasteiger partial charge in [-0.3, -0.25) is 0 Å². The normalized spacial score (nSPS) is 35.5. The van der Waals surface area contributed by atoms with Crippen LogP contribution >= 0.6 is 0 Å². The largest absolute Gasteiger partial charge is 0.394 e. The van der Waals surface area contributed by atoms with Gasteiger partial charge in [-0.25, -0.2) is 0 Å². The number of hydrogen-bond donors (Lipinski definition) is 2. The van der Waals surface area contributed by atoms with Gasteiger partial charge in [-0.05, 0) is 51.0 Å². The lowest BCUT2D eigenvalue weighted by Gasteiger charge is -2.27. The van der Waals surface area contributed by atoms with Crippen LogP contribution in [0.3, 0.4) is 0 Å². The topological polar surface area (TPSA) is 32.3 Å². The first-order valence-electron chi connectivity index (χ1n) is 5.65. The van der Waals surface area contributed by atoms with E-state index in [1.807, 2.05) is 0 Å². The van der Waals surface area contributed by atoms with Crippen LogP contribution in [0.4, 0.5) is 0 Å². The van der Waals surface area contributed by atoms with E-state index in [2.05, 4.69) is 31.3 Å². The van der Waals surface area contributed by atoms with Crippen molar-refractivity contribution in [1.82, 2.24) is 5.32 Å². The summed E-state index contributed by atoms with van der Waals surface area (Å²) in [5.41, 5.74) is -0.119. The van der Waals surface area contributed by atoms with E-state index in [9.17, 15) is 0 Å². The Bertz CT molecular complexity index is 234. The van der Waals surface area contributed by atoms with Crippen LogP contribution in [0.5, 0.6) is 0 Å². The monoisotopic (exact) mass is 195 g/mol. The minimum absolute atomic E-state index is 0.119. The summed E-state index contributed by atoms with van der Waals surface area (Å²) in [6, 6.07) is 0. The van der Waals surface area contributed by atoms with Gasteiger partial charge in [0.25, 0.3) is 0 Å². The number of fused-ring (bicyclic) bond motifs is 2. The second-order valence-corrected chi connectivity index (χ2v) is 5.46. The summed E-state index contributed by atoms with van der Waals surface area (Å²) in [6.07, 6.45) is 7.46. The Labute approximate surface area is 86.4 Å². The number of allylic oxidation sites excluding steroid dienone is 2. The summed E-state index contributed by atoms with van der Waals surface area (Å²) in [5, 5.41) is 12.6. The van der Waals surface area contributed by atoms with Crippen molar-refractivity contribution in [3.8, 4) is 0 Å². The summed E-state index contributed by atoms with van der Waals surface area (Å²) in [6.45, 7) is 5.37. The van der Waals surface area contributed by atoms with Crippen molar-refractivity contribution in [3.63, 3.8) is 0 Å². The lowest BCUT2D eigenvalue weighted by Crippen LogP contribution is -2.45. The molecule has 0 heterocycles. The first-order chi connectivity index (χ1) is 6.61. The Balaban J connectivity index is 1.80. The number of hydrogen-bond acceptors (Lipinski definition) is 2. The zero-order chi connectivity index (χ0) is 10.2. The van der Waals surface area contributed by atoms with Crippen LogP contribution in [0.2, 0.25) is 0 Å². The Morgan fingerprint density at radius 3 is 2.64 bits per heavy atom. The minimum Gasteiger partial charge on any atom is -0.394 e. The molecule has 80 valence electrons. The van der Waals surface area contributed by atoms with Gasteiger partial charge in [-0.15, -0.1) is 0 Å². The van der Waals surface area contributed by atoms with Gasteiger partial charge >= 0.3 is 0 Å². The van der Waals surface area contributed by atoms with Gasteiger partial charge in [0.05, 0.1) is 6.61 Å². The molecule has 2 heteroatoms. The molecule has 0 radical (unpaired) electrons. The minimum atomic E-state index is -0.119. The third kappa shape index (κ3) is 2.01. The molecule has 0 aromatic carbocycles. The molecule has 2 aliphatic rings. The van der Waals surface area contributed by atoms with Crippen molar-refractivity contribution in [1.29, 1.82) is 0 Å². The summed E-state index contributed by atoms with van der Waals surface area (Å²) >= 11 is 0. The molecule has 2 rings (SSSR count). The van der Waals surface area contributed by atoms with Crippen molar-refractivity contribution < 1.29 is 5.11 Å². The number of aliphatic hydroxyl groups excluding tert-OH is 1. The molecule has 1 saturated carbocycles. The highest BCUT2D eigenvalue weighted by molar-refractivity contribution is 5.10. The lowest BCUT2D eigenvalue weighted by atomic mass is 9.92. The van der Waals surface area contributed by atoms with Gasteiger partial charge in [0.2, 0.25) is 0 Å². The highest BCUT2D eigenvalue weighted by Gasteiger charge is 2.35. The molecule has 0 amide bonds. The van der Waals surface area contributed by atoms with E-state index in [4.69, 9.17) is 5.11 Å². The summed E-state index contributed by atoms with van der Waals surface area (Å²) < 4.78 is 0. The third-order valence-electron chi connectivity index (χ3n) is 3.65. The van der Waals surface area contributed by atoms with Crippen LogP contribution in [-0.4, -0.2) is 23.8 Å². The van der Waals surface area contributed by atoms with E-state index in [0.717, 1.165) is 24.3 Å².